The van der Waals surface area contributed by atoms with Gasteiger partial charge in [0, 0.05) is 19.3 Å². The van der Waals surface area contributed by atoms with Crippen LogP contribution in [0.5, 0.6) is 0 Å². The average molecular weight is 135 g/mol. The molecule has 1 heterocycles. The molecule has 1 heteroatoms. The summed E-state index contributed by atoms with van der Waals surface area (Å²) in [7, 11) is 2.18. The van der Waals surface area contributed by atoms with E-state index < -0.39 is 0 Å². The minimum absolute atomic E-state index is 1.11. The lowest BCUT2D eigenvalue weighted by atomic mass is 10.1. The van der Waals surface area contributed by atoms with E-state index in [1.54, 1.807) is 11.3 Å². The molecule has 0 saturated carbocycles. The number of nitrogens with zero attached hydrogens (tertiary/aromatic N) is 1. The lowest BCUT2D eigenvalue weighted by Crippen LogP contribution is -2.19. The Morgan fingerprint density at radius 1 is 1.40 bits per heavy atom. The Labute approximate surface area is 62.0 Å². The number of hydrogen-bond acceptors (Lipinski definition) is 1. The Balaban J connectivity index is 2.30. The molecule has 1 aliphatic carbocycles. The van der Waals surface area contributed by atoms with Crippen LogP contribution in [0.15, 0.2) is 23.4 Å². The molecule has 0 radical (unpaired) electrons. The second-order valence-electron chi connectivity index (χ2n) is 3.11. The highest BCUT2D eigenvalue weighted by molar-refractivity contribution is 5.32. The summed E-state index contributed by atoms with van der Waals surface area (Å²) in [4.78, 5) is 2.36. The van der Waals surface area contributed by atoms with E-state index in [1.807, 2.05) is 0 Å². The molecule has 2 rings (SSSR count). The van der Waals surface area contributed by atoms with E-state index in [-0.39, 0.29) is 0 Å². The van der Waals surface area contributed by atoms with E-state index in [2.05, 4.69) is 24.1 Å². The van der Waals surface area contributed by atoms with E-state index in [0.29, 0.717) is 0 Å². The molecule has 54 valence electrons. The summed E-state index contributed by atoms with van der Waals surface area (Å²) in [5.74, 6) is 0. The van der Waals surface area contributed by atoms with Crippen molar-refractivity contribution < 1.29 is 0 Å². The van der Waals surface area contributed by atoms with Gasteiger partial charge in [0.2, 0.25) is 0 Å². The fourth-order valence-corrected chi connectivity index (χ4v) is 1.83. The van der Waals surface area contributed by atoms with Crippen LogP contribution in [0.25, 0.3) is 0 Å². The van der Waals surface area contributed by atoms with Crippen molar-refractivity contribution in [3.05, 3.63) is 23.4 Å². The zero-order chi connectivity index (χ0) is 6.97. The van der Waals surface area contributed by atoms with Gasteiger partial charge in [0.1, 0.15) is 0 Å². The standard InChI is InChI=1S/C9H13N/c1-10-7-3-5-8-4-2-6-9(8)10/h3,5H,2,4,6-7H2,1H3. The quantitative estimate of drug-likeness (QED) is 0.490. The topological polar surface area (TPSA) is 3.24 Å². The molecule has 0 atom stereocenters. The van der Waals surface area contributed by atoms with Crippen LogP contribution in [-0.4, -0.2) is 18.5 Å². The number of likely N-dealkylation sites (N-methyl/N-ethyl adjacent to an activating group) is 1. The van der Waals surface area contributed by atoms with E-state index in [1.165, 1.54) is 19.3 Å². The Kier molecular flexibility index (Phi) is 1.30. The summed E-state index contributed by atoms with van der Waals surface area (Å²) in [5, 5.41) is 0. The zero-order valence-corrected chi connectivity index (χ0v) is 6.43. The highest BCUT2D eigenvalue weighted by Crippen LogP contribution is 2.30. The van der Waals surface area contributed by atoms with Crippen LogP contribution in [0.4, 0.5) is 0 Å². The summed E-state index contributed by atoms with van der Waals surface area (Å²) >= 11 is 0. The normalized spacial score (nSPS) is 23.9. The summed E-state index contributed by atoms with van der Waals surface area (Å²) in [6.45, 7) is 1.11. The first-order chi connectivity index (χ1) is 4.88. The molecule has 0 aromatic rings. The van der Waals surface area contributed by atoms with Crippen LogP contribution in [0.3, 0.4) is 0 Å². The first kappa shape index (κ1) is 6.02. The van der Waals surface area contributed by atoms with Crippen molar-refractivity contribution in [1.82, 2.24) is 4.90 Å². The Hall–Kier alpha value is -0.720. The molecule has 1 aliphatic heterocycles. The molecule has 0 bridgehead atoms. The molecular weight excluding hydrogens is 122 g/mol. The summed E-state index contributed by atoms with van der Waals surface area (Å²) in [6, 6.07) is 0. The third-order valence-electron chi connectivity index (χ3n) is 2.39. The number of allylic oxidation sites excluding steroid dienone is 3. The summed E-state index contributed by atoms with van der Waals surface area (Å²) < 4.78 is 0. The largest absolute Gasteiger partial charge is 0.374 e. The van der Waals surface area contributed by atoms with Gasteiger partial charge in [-0.25, -0.2) is 0 Å². The van der Waals surface area contributed by atoms with Crippen LogP contribution in [0.2, 0.25) is 0 Å². The van der Waals surface area contributed by atoms with Gasteiger partial charge in [0.25, 0.3) is 0 Å². The van der Waals surface area contributed by atoms with Gasteiger partial charge in [0.15, 0.2) is 0 Å². The van der Waals surface area contributed by atoms with Crippen molar-refractivity contribution in [2.24, 2.45) is 0 Å². The maximum atomic E-state index is 2.36. The average Bonchev–Trinajstić information content (AvgIpc) is 2.36. The summed E-state index contributed by atoms with van der Waals surface area (Å²) in [6.07, 6.45) is 8.51. The molecule has 0 aromatic carbocycles. The lowest BCUT2D eigenvalue weighted by Gasteiger charge is -2.22. The lowest BCUT2D eigenvalue weighted by molar-refractivity contribution is 0.444. The minimum Gasteiger partial charge on any atom is -0.374 e. The van der Waals surface area contributed by atoms with Gasteiger partial charge < -0.3 is 4.90 Å². The van der Waals surface area contributed by atoms with Gasteiger partial charge in [-0.05, 0) is 24.8 Å². The number of hydrogen-bond donors (Lipinski definition) is 0. The highest BCUT2D eigenvalue weighted by atomic mass is 15.1. The third kappa shape index (κ3) is 0.772. The second kappa shape index (κ2) is 2.15. The predicted octanol–water partition coefficient (Wildman–Crippen LogP) is 1.93. The second-order valence-corrected chi connectivity index (χ2v) is 3.11. The zero-order valence-electron chi connectivity index (χ0n) is 6.43. The van der Waals surface area contributed by atoms with Gasteiger partial charge in [0.05, 0.1) is 0 Å². The predicted molar refractivity (Wildman–Crippen MR) is 42.6 cm³/mol. The molecular formula is C9H13N. The Bertz CT molecular complexity index is 201. The Morgan fingerprint density at radius 3 is 3.10 bits per heavy atom. The van der Waals surface area contributed by atoms with Gasteiger partial charge in [-0.3, -0.25) is 0 Å². The van der Waals surface area contributed by atoms with Crippen LogP contribution in [0.1, 0.15) is 19.3 Å². The Morgan fingerprint density at radius 2 is 2.30 bits per heavy atom. The van der Waals surface area contributed by atoms with Crippen molar-refractivity contribution in [1.29, 1.82) is 0 Å². The molecule has 0 aromatic heterocycles. The minimum atomic E-state index is 1.11. The molecule has 0 fully saturated rings. The first-order valence-electron chi connectivity index (χ1n) is 3.97. The fraction of sp³-hybridized carbons (Fsp3) is 0.556. The molecule has 0 saturated heterocycles. The van der Waals surface area contributed by atoms with Crippen molar-refractivity contribution in [3.8, 4) is 0 Å². The summed E-state index contributed by atoms with van der Waals surface area (Å²) in [5.41, 5.74) is 3.16. The maximum absolute atomic E-state index is 2.36. The monoisotopic (exact) mass is 135 g/mol. The van der Waals surface area contributed by atoms with E-state index in [9.17, 15) is 0 Å². The van der Waals surface area contributed by atoms with Crippen molar-refractivity contribution in [2.45, 2.75) is 19.3 Å². The molecule has 0 spiro atoms. The molecule has 1 nitrogen and oxygen atoms in total. The van der Waals surface area contributed by atoms with Crippen LogP contribution in [0, 0.1) is 0 Å². The fourth-order valence-electron chi connectivity index (χ4n) is 1.83. The SMILES string of the molecule is CN1CC=CC2=C1CCC2. The van der Waals surface area contributed by atoms with Crippen LogP contribution >= 0.6 is 0 Å². The van der Waals surface area contributed by atoms with Crippen molar-refractivity contribution in [2.75, 3.05) is 13.6 Å². The van der Waals surface area contributed by atoms with Gasteiger partial charge >= 0.3 is 0 Å². The van der Waals surface area contributed by atoms with Crippen molar-refractivity contribution in [3.63, 3.8) is 0 Å². The smallest absolute Gasteiger partial charge is 0.0356 e. The van der Waals surface area contributed by atoms with E-state index >= 15 is 0 Å². The van der Waals surface area contributed by atoms with E-state index in [0.717, 1.165) is 6.54 Å². The highest BCUT2D eigenvalue weighted by Gasteiger charge is 2.17. The number of rotatable bonds is 0. The van der Waals surface area contributed by atoms with Gasteiger partial charge in [-0.15, -0.1) is 0 Å². The van der Waals surface area contributed by atoms with E-state index in [4.69, 9.17) is 0 Å². The first-order valence-corrected chi connectivity index (χ1v) is 3.97. The van der Waals surface area contributed by atoms with Gasteiger partial charge in [-0.2, -0.15) is 0 Å². The molecule has 2 aliphatic rings. The molecule has 0 unspecified atom stereocenters. The van der Waals surface area contributed by atoms with Gasteiger partial charge in [-0.1, -0.05) is 12.2 Å². The third-order valence-corrected chi connectivity index (χ3v) is 2.39. The molecule has 0 amide bonds. The maximum Gasteiger partial charge on any atom is 0.0356 e. The molecule has 10 heavy (non-hydrogen) atoms. The van der Waals surface area contributed by atoms with Crippen molar-refractivity contribution >= 4 is 0 Å². The van der Waals surface area contributed by atoms with Crippen LogP contribution in [-0.2, 0) is 0 Å². The van der Waals surface area contributed by atoms with Crippen LogP contribution < -0.4 is 0 Å². The molecule has 0 N–H and O–H groups in total.